The van der Waals surface area contributed by atoms with E-state index in [1.807, 2.05) is 12.3 Å². The SMILES string of the molecule is N#CC1CCCCCC1c1cccnc1. The predicted octanol–water partition coefficient (Wildman–Crippen LogP) is 3.27. The number of rotatable bonds is 1. The van der Waals surface area contributed by atoms with Crippen molar-refractivity contribution in [3.8, 4) is 6.07 Å². The van der Waals surface area contributed by atoms with Gasteiger partial charge >= 0.3 is 0 Å². The van der Waals surface area contributed by atoms with Crippen molar-refractivity contribution in [2.45, 2.75) is 38.0 Å². The van der Waals surface area contributed by atoms with Crippen LogP contribution in [0, 0.1) is 17.2 Å². The van der Waals surface area contributed by atoms with Gasteiger partial charge in [0.05, 0.1) is 12.0 Å². The molecule has 78 valence electrons. The summed E-state index contributed by atoms with van der Waals surface area (Å²) in [6.07, 6.45) is 9.63. The average Bonchev–Trinajstić information content (AvgIpc) is 2.55. The van der Waals surface area contributed by atoms with Crippen molar-refractivity contribution in [2.75, 3.05) is 0 Å². The fourth-order valence-electron chi connectivity index (χ4n) is 2.46. The van der Waals surface area contributed by atoms with E-state index in [1.165, 1.54) is 24.8 Å². The van der Waals surface area contributed by atoms with Crippen molar-refractivity contribution < 1.29 is 0 Å². The number of nitrogens with zero attached hydrogens (tertiary/aromatic N) is 2. The van der Waals surface area contributed by atoms with Crippen molar-refractivity contribution in [1.29, 1.82) is 5.26 Å². The second kappa shape index (κ2) is 4.93. The lowest BCUT2D eigenvalue weighted by molar-refractivity contribution is 0.489. The van der Waals surface area contributed by atoms with Crippen LogP contribution in [0.15, 0.2) is 24.5 Å². The summed E-state index contributed by atoms with van der Waals surface area (Å²) in [7, 11) is 0. The van der Waals surface area contributed by atoms with E-state index in [1.54, 1.807) is 6.20 Å². The minimum Gasteiger partial charge on any atom is -0.264 e. The van der Waals surface area contributed by atoms with Gasteiger partial charge in [0, 0.05) is 18.3 Å². The van der Waals surface area contributed by atoms with Crippen molar-refractivity contribution in [3.05, 3.63) is 30.1 Å². The van der Waals surface area contributed by atoms with Crippen LogP contribution in [0.25, 0.3) is 0 Å². The van der Waals surface area contributed by atoms with E-state index in [0.29, 0.717) is 5.92 Å². The number of nitriles is 1. The Morgan fingerprint density at radius 2 is 2.13 bits per heavy atom. The normalized spacial score (nSPS) is 26.6. The van der Waals surface area contributed by atoms with Gasteiger partial charge in [-0.15, -0.1) is 0 Å². The average molecular weight is 200 g/mol. The molecule has 2 nitrogen and oxygen atoms in total. The molecule has 1 heterocycles. The molecule has 1 saturated carbocycles. The van der Waals surface area contributed by atoms with Crippen molar-refractivity contribution >= 4 is 0 Å². The van der Waals surface area contributed by atoms with Crippen LogP contribution < -0.4 is 0 Å². The van der Waals surface area contributed by atoms with Crippen LogP contribution in [-0.4, -0.2) is 4.98 Å². The third kappa shape index (κ3) is 2.36. The van der Waals surface area contributed by atoms with Gasteiger partial charge in [0.25, 0.3) is 0 Å². The smallest absolute Gasteiger partial charge is 0.0662 e. The van der Waals surface area contributed by atoms with Crippen LogP contribution >= 0.6 is 0 Å². The zero-order valence-corrected chi connectivity index (χ0v) is 8.89. The summed E-state index contributed by atoms with van der Waals surface area (Å²) in [6, 6.07) is 6.54. The number of pyridine rings is 1. The third-order valence-electron chi connectivity index (χ3n) is 3.29. The van der Waals surface area contributed by atoms with Crippen LogP contribution in [-0.2, 0) is 0 Å². The Hall–Kier alpha value is -1.36. The third-order valence-corrected chi connectivity index (χ3v) is 3.29. The van der Waals surface area contributed by atoms with E-state index in [0.717, 1.165) is 12.8 Å². The summed E-state index contributed by atoms with van der Waals surface area (Å²) in [5.74, 6) is 0.600. The molecule has 1 aromatic heterocycles. The van der Waals surface area contributed by atoms with Crippen LogP contribution in [0.5, 0.6) is 0 Å². The molecular weight excluding hydrogens is 184 g/mol. The Bertz CT molecular complexity index is 339. The molecule has 0 radical (unpaired) electrons. The highest BCUT2D eigenvalue weighted by Crippen LogP contribution is 2.35. The molecule has 0 saturated heterocycles. The van der Waals surface area contributed by atoms with Crippen LogP contribution in [0.3, 0.4) is 0 Å². The Morgan fingerprint density at radius 1 is 1.27 bits per heavy atom. The highest BCUT2D eigenvalue weighted by molar-refractivity contribution is 5.18. The highest BCUT2D eigenvalue weighted by atomic mass is 14.6. The maximum Gasteiger partial charge on any atom is 0.0662 e. The first-order valence-electron chi connectivity index (χ1n) is 5.71. The molecule has 1 fully saturated rings. The molecule has 0 aliphatic heterocycles. The summed E-state index contributed by atoms with van der Waals surface area (Å²) < 4.78 is 0. The number of hydrogen-bond donors (Lipinski definition) is 0. The summed E-state index contributed by atoms with van der Waals surface area (Å²) in [5.41, 5.74) is 1.24. The molecule has 2 unspecified atom stereocenters. The summed E-state index contributed by atoms with van der Waals surface area (Å²) in [6.45, 7) is 0. The highest BCUT2D eigenvalue weighted by Gasteiger charge is 2.24. The quantitative estimate of drug-likeness (QED) is 0.652. The van der Waals surface area contributed by atoms with E-state index < -0.39 is 0 Å². The fraction of sp³-hybridized carbons (Fsp3) is 0.538. The first kappa shape index (κ1) is 10.2. The molecule has 0 bridgehead atoms. The van der Waals surface area contributed by atoms with Gasteiger partial charge in [-0.1, -0.05) is 25.3 Å². The minimum atomic E-state index is 0.191. The molecule has 2 atom stereocenters. The second-order valence-electron chi connectivity index (χ2n) is 4.27. The van der Waals surface area contributed by atoms with Gasteiger partial charge in [0.2, 0.25) is 0 Å². The lowest BCUT2D eigenvalue weighted by Gasteiger charge is -2.18. The topological polar surface area (TPSA) is 36.7 Å². The minimum absolute atomic E-state index is 0.191. The van der Waals surface area contributed by atoms with Gasteiger partial charge in [0.15, 0.2) is 0 Å². The van der Waals surface area contributed by atoms with Crippen LogP contribution in [0.4, 0.5) is 0 Å². The molecule has 0 spiro atoms. The molecule has 0 aromatic carbocycles. The summed E-state index contributed by atoms with van der Waals surface area (Å²) in [4.78, 5) is 4.15. The van der Waals surface area contributed by atoms with Crippen molar-refractivity contribution in [2.24, 2.45) is 5.92 Å². The second-order valence-corrected chi connectivity index (χ2v) is 4.27. The largest absolute Gasteiger partial charge is 0.264 e. The van der Waals surface area contributed by atoms with Gasteiger partial charge in [-0.3, -0.25) is 4.98 Å². The molecule has 2 rings (SSSR count). The predicted molar refractivity (Wildman–Crippen MR) is 59.2 cm³/mol. The van der Waals surface area contributed by atoms with Crippen LogP contribution in [0.1, 0.15) is 43.6 Å². The van der Waals surface area contributed by atoms with Crippen molar-refractivity contribution in [1.82, 2.24) is 4.98 Å². The Kier molecular flexibility index (Phi) is 3.34. The van der Waals surface area contributed by atoms with Gasteiger partial charge in [-0.2, -0.15) is 5.26 Å². The lowest BCUT2D eigenvalue weighted by atomic mass is 9.84. The van der Waals surface area contributed by atoms with E-state index in [2.05, 4.69) is 17.1 Å². The zero-order valence-electron chi connectivity index (χ0n) is 8.89. The standard InChI is InChI=1S/C13H16N2/c14-9-11-5-2-1-3-7-13(11)12-6-4-8-15-10-12/h4,6,8,10-11,13H,1-3,5,7H2. The van der Waals surface area contributed by atoms with E-state index in [4.69, 9.17) is 0 Å². The van der Waals surface area contributed by atoms with E-state index in [-0.39, 0.29) is 5.92 Å². The maximum absolute atomic E-state index is 9.18. The molecule has 2 heteroatoms. The Balaban J connectivity index is 2.21. The molecule has 1 aliphatic rings. The molecule has 0 N–H and O–H groups in total. The van der Waals surface area contributed by atoms with Gasteiger partial charge < -0.3 is 0 Å². The number of hydrogen-bond acceptors (Lipinski definition) is 2. The van der Waals surface area contributed by atoms with Crippen molar-refractivity contribution in [3.63, 3.8) is 0 Å². The van der Waals surface area contributed by atoms with E-state index in [9.17, 15) is 5.26 Å². The van der Waals surface area contributed by atoms with E-state index >= 15 is 0 Å². The van der Waals surface area contributed by atoms with Gasteiger partial charge in [0.1, 0.15) is 0 Å². The van der Waals surface area contributed by atoms with Gasteiger partial charge in [-0.25, -0.2) is 0 Å². The Labute approximate surface area is 91.0 Å². The molecule has 1 aromatic rings. The Morgan fingerprint density at radius 3 is 2.87 bits per heavy atom. The molecular formula is C13H16N2. The fourth-order valence-corrected chi connectivity index (χ4v) is 2.46. The first-order chi connectivity index (χ1) is 7.42. The molecule has 0 amide bonds. The molecule has 1 aliphatic carbocycles. The zero-order chi connectivity index (χ0) is 10.5. The lowest BCUT2D eigenvalue weighted by Crippen LogP contribution is -2.09. The molecule has 15 heavy (non-hydrogen) atoms. The maximum atomic E-state index is 9.18. The van der Waals surface area contributed by atoms with Crippen LogP contribution in [0.2, 0.25) is 0 Å². The monoisotopic (exact) mass is 200 g/mol. The van der Waals surface area contributed by atoms with Gasteiger partial charge in [-0.05, 0) is 24.5 Å². The summed E-state index contributed by atoms with van der Waals surface area (Å²) in [5, 5.41) is 9.18. The summed E-state index contributed by atoms with van der Waals surface area (Å²) >= 11 is 0. The number of aromatic nitrogens is 1. The first-order valence-corrected chi connectivity index (χ1v) is 5.71.